The van der Waals surface area contributed by atoms with E-state index in [-0.39, 0.29) is 23.4 Å². The van der Waals surface area contributed by atoms with Gasteiger partial charge in [-0.2, -0.15) is 0 Å². The van der Waals surface area contributed by atoms with Gasteiger partial charge >= 0.3 is 0 Å². The maximum Gasteiger partial charge on any atom is 0.150 e. The number of ether oxygens (including phenoxy) is 2. The molecule has 0 bridgehead atoms. The number of aromatic hydroxyl groups is 1. The summed E-state index contributed by atoms with van der Waals surface area (Å²) in [6, 6.07) is 17.3. The Balaban J connectivity index is 1.40. The molecule has 2 heterocycles. The van der Waals surface area contributed by atoms with Crippen molar-refractivity contribution in [1.82, 2.24) is 4.90 Å². The highest BCUT2D eigenvalue weighted by atomic mass is 35.5. The summed E-state index contributed by atoms with van der Waals surface area (Å²) in [6.45, 7) is 4.59. The van der Waals surface area contributed by atoms with Crippen LogP contribution in [0.2, 0.25) is 5.02 Å². The van der Waals surface area contributed by atoms with Crippen molar-refractivity contribution in [2.75, 3.05) is 32.9 Å². The van der Waals surface area contributed by atoms with Gasteiger partial charge in [-0.15, -0.1) is 0 Å². The molecule has 0 spiro atoms. The molecular weight excluding hydrogens is 472 g/mol. The van der Waals surface area contributed by atoms with Crippen LogP contribution < -0.4 is 9.47 Å². The molecule has 2 aliphatic rings. The van der Waals surface area contributed by atoms with Crippen LogP contribution in [0, 0.1) is 11.7 Å². The van der Waals surface area contributed by atoms with E-state index in [0.717, 1.165) is 53.2 Å². The van der Waals surface area contributed by atoms with Crippen molar-refractivity contribution in [1.29, 1.82) is 0 Å². The van der Waals surface area contributed by atoms with Crippen LogP contribution in [-0.2, 0) is 0 Å². The molecule has 3 aromatic rings. The minimum absolute atomic E-state index is 0.0343. The number of halogens is 3. The average Bonchev–Trinajstić information content (AvgIpc) is 2.83. The van der Waals surface area contributed by atoms with E-state index >= 15 is 0 Å². The van der Waals surface area contributed by atoms with Crippen molar-refractivity contribution in [3.63, 3.8) is 0 Å². The van der Waals surface area contributed by atoms with E-state index in [2.05, 4.69) is 4.90 Å². The lowest BCUT2D eigenvalue weighted by atomic mass is 9.86. The molecule has 0 radical (unpaired) electrons. The quantitative estimate of drug-likeness (QED) is 0.403. The van der Waals surface area contributed by atoms with E-state index in [4.69, 9.17) is 21.1 Å². The molecule has 0 aromatic heterocycles. The number of alkyl halides is 1. The van der Waals surface area contributed by atoms with Gasteiger partial charge in [-0.25, -0.2) is 4.39 Å². The molecule has 0 saturated carbocycles. The van der Waals surface area contributed by atoms with E-state index in [1.807, 2.05) is 31.2 Å². The molecule has 4 nitrogen and oxygen atoms in total. The average molecular weight is 498 g/mol. The third-order valence-corrected chi connectivity index (χ3v) is 6.91. The Kier molecular flexibility index (Phi) is 6.67. The van der Waals surface area contributed by atoms with Gasteiger partial charge in [0.25, 0.3) is 0 Å². The summed E-state index contributed by atoms with van der Waals surface area (Å²) in [7, 11) is 0. The van der Waals surface area contributed by atoms with E-state index in [1.165, 1.54) is 6.07 Å². The molecule has 1 N–H and O–H groups in total. The molecule has 3 aromatic carbocycles. The van der Waals surface area contributed by atoms with Crippen LogP contribution in [0.4, 0.5) is 8.78 Å². The Labute approximate surface area is 208 Å². The van der Waals surface area contributed by atoms with Gasteiger partial charge in [-0.3, -0.25) is 9.29 Å². The second kappa shape index (κ2) is 9.88. The summed E-state index contributed by atoms with van der Waals surface area (Å²) in [6.07, 6.45) is -0.457. The number of fused-ring (bicyclic) bond motifs is 1. The van der Waals surface area contributed by atoms with Gasteiger partial charge in [0.2, 0.25) is 0 Å². The van der Waals surface area contributed by atoms with Crippen molar-refractivity contribution in [2.45, 2.75) is 13.0 Å². The van der Waals surface area contributed by atoms with Crippen molar-refractivity contribution in [2.24, 2.45) is 5.92 Å². The van der Waals surface area contributed by atoms with Gasteiger partial charge in [-0.1, -0.05) is 29.8 Å². The first kappa shape index (κ1) is 23.6. The molecule has 5 rings (SSSR count). The van der Waals surface area contributed by atoms with Crippen LogP contribution in [0.1, 0.15) is 29.7 Å². The van der Waals surface area contributed by atoms with Crippen LogP contribution in [0.15, 0.2) is 60.7 Å². The zero-order valence-electron chi connectivity index (χ0n) is 19.3. The topological polar surface area (TPSA) is 41.9 Å². The van der Waals surface area contributed by atoms with Crippen LogP contribution >= 0.6 is 11.6 Å². The number of benzene rings is 3. The standard InChI is InChI=1S/C28H26ClF2NO3/c1-17-23-13-21(33)5-9-26(23)35-28(27(17)20-4-8-25(31)24(29)12-20)19-2-6-22(7-3-19)34-11-10-32-15-18(14-30)16-32/h2-9,12-13,18,28,33H,10-11,14-16H2,1H3. The molecule has 1 atom stereocenters. The number of hydrogen-bond acceptors (Lipinski definition) is 4. The number of likely N-dealkylation sites (tertiary alicyclic amines) is 1. The summed E-state index contributed by atoms with van der Waals surface area (Å²) >= 11 is 6.11. The molecule has 0 amide bonds. The van der Waals surface area contributed by atoms with Crippen LogP contribution in [-0.4, -0.2) is 42.9 Å². The summed E-state index contributed by atoms with van der Waals surface area (Å²) in [5, 5.41) is 10.1. The first-order valence-electron chi connectivity index (χ1n) is 11.6. The number of phenols is 1. The number of rotatable bonds is 7. The lowest BCUT2D eigenvalue weighted by molar-refractivity contribution is 0.0668. The smallest absolute Gasteiger partial charge is 0.150 e. The Morgan fingerprint density at radius 1 is 1.09 bits per heavy atom. The number of allylic oxidation sites excluding steroid dienone is 1. The first-order valence-corrected chi connectivity index (χ1v) is 12.0. The van der Waals surface area contributed by atoms with Gasteiger partial charge in [0.05, 0.1) is 11.7 Å². The fraction of sp³-hybridized carbons (Fsp3) is 0.286. The van der Waals surface area contributed by atoms with Crippen molar-refractivity contribution < 1.29 is 23.4 Å². The molecule has 1 fully saturated rings. The highest BCUT2D eigenvalue weighted by Gasteiger charge is 2.30. The highest BCUT2D eigenvalue weighted by Crippen LogP contribution is 2.47. The minimum atomic E-state index is -0.486. The normalized spacial score (nSPS) is 18.1. The van der Waals surface area contributed by atoms with E-state index in [1.54, 1.807) is 30.3 Å². The molecule has 1 saturated heterocycles. The number of phenolic OH excluding ortho intramolecular Hbond substituents is 1. The lowest BCUT2D eigenvalue weighted by Gasteiger charge is -2.37. The Bertz CT molecular complexity index is 1260. The Hall–Kier alpha value is -3.09. The van der Waals surface area contributed by atoms with E-state index in [9.17, 15) is 13.9 Å². The maximum absolute atomic E-state index is 13.9. The zero-order valence-corrected chi connectivity index (χ0v) is 20.1. The SMILES string of the molecule is CC1=C(c2ccc(F)c(Cl)c2)C(c2ccc(OCCN3CC(CF)C3)cc2)Oc2ccc(O)cc21. The largest absolute Gasteiger partial charge is 0.508 e. The number of hydrogen-bond donors (Lipinski definition) is 1. The lowest BCUT2D eigenvalue weighted by Crippen LogP contribution is -2.49. The zero-order chi connectivity index (χ0) is 24.5. The van der Waals surface area contributed by atoms with Crippen molar-refractivity contribution in [3.05, 3.63) is 88.2 Å². The Morgan fingerprint density at radius 3 is 2.57 bits per heavy atom. The van der Waals surface area contributed by atoms with Crippen LogP contribution in [0.25, 0.3) is 11.1 Å². The summed E-state index contributed by atoms with van der Waals surface area (Å²) in [5.41, 5.74) is 4.18. The fourth-order valence-electron chi connectivity index (χ4n) is 4.70. The maximum atomic E-state index is 13.9. The van der Waals surface area contributed by atoms with Gasteiger partial charge in [-0.05, 0) is 66.1 Å². The monoisotopic (exact) mass is 497 g/mol. The van der Waals surface area contributed by atoms with Crippen LogP contribution in [0.3, 0.4) is 0 Å². The third kappa shape index (κ3) is 4.86. The minimum Gasteiger partial charge on any atom is -0.508 e. The second-order valence-corrected chi connectivity index (χ2v) is 9.45. The summed E-state index contributed by atoms with van der Waals surface area (Å²) in [5.74, 6) is 1.22. The second-order valence-electron chi connectivity index (χ2n) is 9.04. The van der Waals surface area contributed by atoms with Crippen molar-refractivity contribution >= 4 is 22.7 Å². The number of nitrogens with zero attached hydrogens (tertiary/aromatic N) is 1. The van der Waals surface area contributed by atoms with E-state index in [0.29, 0.717) is 12.4 Å². The van der Waals surface area contributed by atoms with E-state index < -0.39 is 11.9 Å². The molecule has 7 heteroatoms. The molecule has 1 unspecified atom stereocenters. The fourth-order valence-corrected chi connectivity index (χ4v) is 4.88. The molecule has 2 aliphatic heterocycles. The Morgan fingerprint density at radius 2 is 1.86 bits per heavy atom. The van der Waals surface area contributed by atoms with Gasteiger partial charge in [0, 0.05) is 36.7 Å². The predicted octanol–water partition coefficient (Wildman–Crippen LogP) is 6.53. The predicted molar refractivity (Wildman–Crippen MR) is 133 cm³/mol. The molecule has 35 heavy (non-hydrogen) atoms. The molecular formula is C28H26ClF2NO3. The van der Waals surface area contributed by atoms with Gasteiger partial charge in [0.1, 0.15) is 35.8 Å². The molecule has 0 aliphatic carbocycles. The summed E-state index contributed by atoms with van der Waals surface area (Å²) in [4.78, 5) is 2.18. The highest BCUT2D eigenvalue weighted by molar-refractivity contribution is 6.31. The third-order valence-electron chi connectivity index (χ3n) is 6.62. The van der Waals surface area contributed by atoms with Gasteiger partial charge in [0.15, 0.2) is 0 Å². The first-order chi connectivity index (χ1) is 16.9. The van der Waals surface area contributed by atoms with Gasteiger partial charge < -0.3 is 14.6 Å². The van der Waals surface area contributed by atoms with Crippen molar-refractivity contribution in [3.8, 4) is 17.2 Å². The summed E-state index contributed by atoms with van der Waals surface area (Å²) < 4.78 is 38.7. The van der Waals surface area contributed by atoms with Crippen LogP contribution in [0.5, 0.6) is 17.2 Å². The molecule has 182 valence electrons.